The van der Waals surface area contributed by atoms with Crippen molar-refractivity contribution in [3.05, 3.63) is 41.7 Å². The van der Waals surface area contributed by atoms with Crippen LogP contribution in [0.4, 0.5) is 0 Å². The molecule has 1 atom stereocenters. The number of carbonyl (C=O) groups excluding carboxylic acids is 2. The lowest BCUT2D eigenvalue weighted by Crippen LogP contribution is -2.43. The van der Waals surface area contributed by atoms with Gasteiger partial charge < -0.3 is 15.4 Å². The predicted molar refractivity (Wildman–Crippen MR) is 99.5 cm³/mol. The lowest BCUT2D eigenvalue weighted by Gasteiger charge is -2.29. The topological polar surface area (TPSA) is 103 Å². The van der Waals surface area contributed by atoms with Gasteiger partial charge in [-0.3, -0.25) is 9.59 Å². The first-order valence-electron chi connectivity index (χ1n) is 8.03. The Kier molecular flexibility index (Phi) is 8.21. The van der Waals surface area contributed by atoms with Crippen LogP contribution in [0.3, 0.4) is 0 Å². The standard InChI is InChI=1S/C17H23N5O3.ClH/c1-12-4-5-15(22-19-7-8-20-22)14(10-12)17(24)21(9-6-18)13(2)11-16(23)25-3;/h4-5,7-8,10,13H,6,9,11,18H2,1-3H3;1H. The molecule has 0 bridgehead atoms. The first kappa shape index (κ1) is 21.6. The van der Waals surface area contributed by atoms with Gasteiger partial charge in [0.2, 0.25) is 0 Å². The number of rotatable bonds is 7. The van der Waals surface area contributed by atoms with Gasteiger partial charge >= 0.3 is 5.97 Å². The van der Waals surface area contributed by atoms with Crippen molar-refractivity contribution in [2.45, 2.75) is 26.3 Å². The highest BCUT2D eigenvalue weighted by molar-refractivity contribution is 5.98. The maximum atomic E-state index is 13.2. The first-order valence-corrected chi connectivity index (χ1v) is 8.03. The molecule has 0 aliphatic carbocycles. The first-order chi connectivity index (χ1) is 12.0. The monoisotopic (exact) mass is 381 g/mol. The predicted octanol–water partition coefficient (Wildman–Crippen LogP) is 1.35. The summed E-state index contributed by atoms with van der Waals surface area (Å²) >= 11 is 0. The molecule has 0 aliphatic rings. The van der Waals surface area contributed by atoms with Gasteiger partial charge in [0.1, 0.15) is 0 Å². The Morgan fingerprint density at radius 1 is 1.31 bits per heavy atom. The summed E-state index contributed by atoms with van der Waals surface area (Å²) < 4.78 is 4.70. The van der Waals surface area contributed by atoms with Gasteiger partial charge in [-0.15, -0.1) is 12.4 Å². The van der Waals surface area contributed by atoms with Crippen molar-refractivity contribution in [3.8, 4) is 5.69 Å². The average molecular weight is 382 g/mol. The summed E-state index contributed by atoms with van der Waals surface area (Å²) in [5, 5.41) is 8.21. The highest BCUT2D eigenvalue weighted by Crippen LogP contribution is 2.19. The van der Waals surface area contributed by atoms with Gasteiger partial charge in [0.15, 0.2) is 0 Å². The van der Waals surface area contributed by atoms with E-state index < -0.39 is 0 Å². The fourth-order valence-electron chi connectivity index (χ4n) is 2.59. The number of benzene rings is 1. The van der Waals surface area contributed by atoms with E-state index in [1.807, 2.05) is 13.0 Å². The minimum atomic E-state index is -0.375. The molecule has 0 fully saturated rings. The van der Waals surface area contributed by atoms with E-state index in [1.165, 1.54) is 11.9 Å². The van der Waals surface area contributed by atoms with Crippen LogP contribution in [0.15, 0.2) is 30.6 Å². The molecule has 0 saturated heterocycles. The van der Waals surface area contributed by atoms with Crippen molar-refractivity contribution in [3.63, 3.8) is 0 Å². The second kappa shape index (κ2) is 9.88. The third-order valence-electron chi connectivity index (χ3n) is 3.87. The molecule has 9 heteroatoms. The van der Waals surface area contributed by atoms with Gasteiger partial charge in [0.25, 0.3) is 5.91 Å². The van der Waals surface area contributed by atoms with E-state index in [9.17, 15) is 9.59 Å². The molecule has 142 valence electrons. The largest absolute Gasteiger partial charge is 0.469 e. The number of nitrogens with two attached hydrogens (primary N) is 1. The summed E-state index contributed by atoms with van der Waals surface area (Å²) in [7, 11) is 1.33. The van der Waals surface area contributed by atoms with E-state index in [1.54, 1.807) is 36.4 Å². The molecule has 1 heterocycles. The molecule has 1 amide bonds. The van der Waals surface area contributed by atoms with Gasteiger partial charge in [-0.2, -0.15) is 15.0 Å². The Balaban J connectivity index is 0.00000338. The molecule has 2 aromatic rings. The number of nitrogens with zero attached hydrogens (tertiary/aromatic N) is 4. The van der Waals surface area contributed by atoms with Crippen molar-refractivity contribution in [1.82, 2.24) is 19.9 Å². The fourth-order valence-corrected chi connectivity index (χ4v) is 2.59. The van der Waals surface area contributed by atoms with Gasteiger partial charge in [-0.05, 0) is 26.0 Å². The number of halogens is 1. The molecule has 0 radical (unpaired) electrons. The van der Waals surface area contributed by atoms with Gasteiger partial charge in [-0.1, -0.05) is 11.6 Å². The van der Waals surface area contributed by atoms with Crippen LogP contribution in [0.2, 0.25) is 0 Å². The molecule has 1 unspecified atom stereocenters. The van der Waals surface area contributed by atoms with Crippen molar-refractivity contribution < 1.29 is 14.3 Å². The van der Waals surface area contributed by atoms with Crippen LogP contribution in [0.1, 0.15) is 29.3 Å². The number of hydrogen-bond acceptors (Lipinski definition) is 6. The van der Waals surface area contributed by atoms with Crippen LogP contribution in [-0.4, -0.2) is 58.0 Å². The molecule has 1 aromatic carbocycles. The number of amides is 1. The zero-order valence-corrected chi connectivity index (χ0v) is 15.9. The molecule has 1 aromatic heterocycles. The Bertz CT molecular complexity index is 736. The van der Waals surface area contributed by atoms with E-state index in [0.717, 1.165) is 5.56 Å². The highest BCUT2D eigenvalue weighted by atomic mass is 35.5. The molecule has 0 aliphatic heterocycles. The Labute approximate surface area is 158 Å². The van der Waals surface area contributed by atoms with E-state index in [0.29, 0.717) is 24.3 Å². The summed E-state index contributed by atoms with van der Waals surface area (Å²) in [6.07, 6.45) is 3.20. The SMILES string of the molecule is COC(=O)CC(C)N(CCN)C(=O)c1cc(C)ccc1-n1nccn1.Cl. The number of aromatic nitrogens is 3. The summed E-state index contributed by atoms with van der Waals surface area (Å²) in [6.45, 7) is 4.32. The second-order valence-electron chi connectivity index (χ2n) is 5.76. The van der Waals surface area contributed by atoms with Crippen LogP contribution in [0, 0.1) is 6.92 Å². The summed E-state index contributed by atoms with van der Waals surface area (Å²) in [6, 6.07) is 5.13. The highest BCUT2D eigenvalue weighted by Gasteiger charge is 2.26. The summed E-state index contributed by atoms with van der Waals surface area (Å²) in [5.74, 6) is -0.599. The van der Waals surface area contributed by atoms with Gasteiger partial charge in [0.05, 0.1) is 37.2 Å². The Morgan fingerprint density at radius 3 is 2.54 bits per heavy atom. The Morgan fingerprint density at radius 2 is 1.96 bits per heavy atom. The third kappa shape index (κ3) is 5.03. The molecular formula is C17H24ClN5O3. The van der Waals surface area contributed by atoms with Crippen molar-refractivity contribution in [2.75, 3.05) is 20.2 Å². The van der Waals surface area contributed by atoms with Crippen LogP contribution < -0.4 is 5.73 Å². The summed E-state index contributed by atoms with van der Waals surface area (Å²) in [5.41, 5.74) is 7.64. The number of methoxy groups -OCH3 is 1. The van der Waals surface area contributed by atoms with E-state index >= 15 is 0 Å². The second-order valence-corrected chi connectivity index (χ2v) is 5.76. The maximum Gasteiger partial charge on any atom is 0.307 e. The minimum absolute atomic E-state index is 0. The van der Waals surface area contributed by atoms with Gasteiger partial charge in [-0.25, -0.2) is 0 Å². The molecular weight excluding hydrogens is 358 g/mol. The number of ether oxygens (including phenoxy) is 1. The van der Waals surface area contributed by atoms with Crippen molar-refractivity contribution in [2.24, 2.45) is 5.73 Å². The number of esters is 1. The number of hydrogen-bond donors (Lipinski definition) is 1. The van der Waals surface area contributed by atoms with Crippen molar-refractivity contribution in [1.29, 1.82) is 0 Å². The van der Waals surface area contributed by atoms with Gasteiger partial charge in [0, 0.05) is 19.1 Å². The number of carbonyl (C=O) groups is 2. The van der Waals surface area contributed by atoms with Crippen molar-refractivity contribution >= 4 is 24.3 Å². The summed E-state index contributed by atoms with van der Waals surface area (Å²) in [4.78, 5) is 27.7. The van der Waals surface area contributed by atoms with Crippen LogP contribution in [0.25, 0.3) is 5.69 Å². The third-order valence-corrected chi connectivity index (χ3v) is 3.87. The number of aryl methyl sites for hydroxylation is 1. The normalized spacial score (nSPS) is 11.4. The van der Waals surface area contributed by atoms with Crippen LogP contribution >= 0.6 is 12.4 Å². The fraction of sp³-hybridized carbons (Fsp3) is 0.412. The molecule has 8 nitrogen and oxygen atoms in total. The molecule has 26 heavy (non-hydrogen) atoms. The smallest absolute Gasteiger partial charge is 0.307 e. The van der Waals surface area contributed by atoms with Crippen LogP contribution in [-0.2, 0) is 9.53 Å². The zero-order valence-electron chi connectivity index (χ0n) is 15.1. The quantitative estimate of drug-likeness (QED) is 0.726. The van der Waals surface area contributed by atoms with Crippen LogP contribution in [0.5, 0.6) is 0 Å². The van der Waals surface area contributed by atoms with E-state index in [2.05, 4.69) is 10.2 Å². The van der Waals surface area contributed by atoms with E-state index in [-0.39, 0.29) is 36.7 Å². The zero-order chi connectivity index (χ0) is 18.4. The van der Waals surface area contributed by atoms with E-state index in [4.69, 9.17) is 10.5 Å². The maximum absolute atomic E-state index is 13.2. The minimum Gasteiger partial charge on any atom is -0.469 e. The average Bonchev–Trinajstić information content (AvgIpc) is 3.13. The molecule has 2 N–H and O–H groups in total. The molecule has 0 saturated carbocycles. The molecule has 2 rings (SSSR count). The lowest BCUT2D eigenvalue weighted by atomic mass is 10.1. The Hall–Kier alpha value is -2.45. The molecule has 0 spiro atoms. The lowest BCUT2D eigenvalue weighted by molar-refractivity contribution is -0.141.